The molecule has 0 spiro atoms. The quantitative estimate of drug-likeness (QED) is 0.147. The van der Waals surface area contributed by atoms with Gasteiger partial charge in [-0.3, -0.25) is 0 Å². The van der Waals surface area contributed by atoms with E-state index in [1.54, 1.807) is 22.3 Å². The number of rotatable bonds is 6. The molecule has 6 heteroatoms. The van der Waals surface area contributed by atoms with Crippen molar-refractivity contribution in [2.45, 2.75) is 42.2 Å². The van der Waals surface area contributed by atoms with Crippen LogP contribution in [0.15, 0.2) is 145 Å². The third-order valence-corrected chi connectivity index (χ3v) is 31.1. The van der Waals surface area contributed by atoms with Gasteiger partial charge in [-0.25, -0.2) is 0 Å². The second-order valence-electron chi connectivity index (χ2n) is 17.9. The molecule has 56 heavy (non-hydrogen) atoms. The Balaban J connectivity index is 0.00000192. The van der Waals surface area contributed by atoms with Gasteiger partial charge in [-0.15, -0.1) is 24.8 Å². The van der Waals surface area contributed by atoms with E-state index in [4.69, 9.17) is 0 Å². The number of para-hydroxylation sites is 4. The van der Waals surface area contributed by atoms with Crippen LogP contribution in [0, 0.1) is 11.8 Å². The van der Waals surface area contributed by atoms with E-state index >= 15 is 0 Å². The van der Waals surface area contributed by atoms with Crippen molar-refractivity contribution in [2.75, 3.05) is 0 Å². The maximum atomic E-state index is 2.85. The molecule has 2 heterocycles. The number of halogens is 2. The summed E-state index contributed by atoms with van der Waals surface area (Å²) in [5, 5.41) is 5.33. The molecule has 4 aliphatic carbocycles. The zero-order chi connectivity index (χ0) is 35.9. The van der Waals surface area contributed by atoms with Crippen molar-refractivity contribution < 1.29 is 17.4 Å². The van der Waals surface area contributed by atoms with Gasteiger partial charge in [0, 0.05) is 0 Å². The monoisotopic (exact) mass is 862 g/mol. The predicted octanol–water partition coefficient (Wildman–Crippen LogP) is 13.5. The minimum atomic E-state index is -3.85. The van der Waals surface area contributed by atoms with Crippen LogP contribution in [0.25, 0.3) is 67.1 Å². The summed E-state index contributed by atoms with van der Waals surface area (Å²) in [5.41, 5.74) is 17.5. The molecule has 2 aromatic heterocycles. The van der Waals surface area contributed by atoms with E-state index in [1.807, 2.05) is 0 Å². The SMILES string of the molecule is Cl.Cl.[CH3][Zr]([CH3])(=[SiH2])([CH]1C(C2CC2)=Cc2c1cccc2-n1c2ccccc2c2ccccc21)[CH]1C(C2CC2)=Cc2c1cccc2-n1c2ccccc2c2ccccc21. The van der Waals surface area contributed by atoms with Crippen LogP contribution < -0.4 is 0 Å². The van der Waals surface area contributed by atoms with Crippen LogP contribution in [-0.4, -0.2) is 16.0 Å². The van der Waals surface area contributed by atoms with Gasteiger partial charge in [0.15, 0.2) is 0 Å². The van der Waals surface area contributed by atoms with Gasteiger partial charge in [-0.05, 0) is 0 Å². The number of benzene rings is 6. The maximum absolute atomic E-state index is 3.85. The van der Waals surface area contributed by atoms with Gasteiger partial charge in [0.2, 0.25) is 0 Å². The summed E-state index contributed by atoms with van der Waals surface area (Å²) in [6.45, 7) is 2.53. The summed E-state index contributed by atoms with van der Waals surface area (Å²) in [4.78, 5) is 0. The first-order chi connectivity index (χ1) is 26.4. The van der Waals surface area contributed by atoms with E-state index in [9.17, 15) is 0 Å². The fourth-order valence-corrected chi connectivity index (χ4v) is 30.8. The molecule has 0 N–H and O–H groups in total. The fourth-order valence-electron chi connectivity index (χ4n) is 11.4. The van der Waals surface area contributed by atoms with Gasteiger partial charge in [0.25, 0.3) is 0 Å². The van der Waals surface area contributed by atoms with E-state index in [2.05, 4.69) is 171 Å². The Morgan fingerprint density at radius 3 is 1.09 bits per heavy atom. The number of hydrogen-bond acceptors (Lipinski definition) is 0. The van der Waals surface area contributed by atoms with Crippen molar-refractivity contribution in [3.8, 4) is 11.4 Å². The van der Waals surface area contributed by atoms with Crippen molar-refractivity contribution in [3.63, 3.8) is 0 Å². The molecule has 6 aromatic carbocycles. The first-order valence-electron chi connectivity index (χ1n) is 20.1. The van der Waals surface area contributed by atoms with E-state index in [-0.39, 0.29) is 24.8 Å². The molecule has 0 aliphatic heterocycles. The first-order valence-corrected chi connectivity index (χ1v) is 33.8. The topological polar surface area (TPSA) is 9.86 Å². The molecule has 8 aromatic rings. The van der Waals surface area contributed by atoms with Gasteiger partial charge in [0.05, 0.1) is 0 Å². The zero-order valence-electron chi connectivity index (χ0n) is 31.9. The summed E-state index contributed by atoms with van der Waals surface area (Å²) in [6.07, 6.45) is 10.7. The molecule has 12 rings (SSSR count). The molecule has 4 aliphatic rings. The molecule has 2 saturated carbocycles. The number of hydrogen-bond donors (Lipinski definition) is 0. The zero-order valence-corrected chi connectivity index (χ0v) is 37.4. The molecular weight excluding hydrogens is 819 g/mol. The second-order valence-corrected chi connectivity index (χ2v) is 48.4. The summed E-state index contributed by atoms with van der Waals surface area (Å²) in [6, 6.07) is 50.6. The van der Waals surface area contributed by atoms with Crippen LogP contribution in [0.4, 0.5) is 0 Å². The van der Waals surface area contributed by atoms with Crippen molar-refractivity contribution in [1.29, 1.82) is 0 Å². The van der Waals surface area contributed by atoms with Crippen LogP contribution in [0.3, 0.4) is 0 Å². The molecule has 2 nitrogen and oxygen atoms in total. The van der Waals surface area contributed by atoms with Crippen molar-refractivity contribution in [1.82, 2.24) is 9.13 Å². The van der Waals surface area contributed by atoms with Gasteiger partial charge in [-0.1, -0.05) is 0 Å². The predicted molar refractivity (Wildman–Crippen MR) is 243 cm³/mol. The average Bonchev–Trinajstić information content (AvgIpc) is 4.09. The third-order valence-electron chi connectivity index (χ3n) is 13.8. The molecular formula is C50H46Cl2N2SiZr. The van der Waals surface area contributed by atoms with Crippen LogP contribution in [0.5, 0.6) is 0 Å². The summed E-state index contributed by atoms with van der Waals surface area (Å²) < 4.78 is 11.9. The normalized spacial score (nSPS) is 19.1. The molecule has 0 bridgehead atoms. The summed E-state index contributed by atoms with van der Waals surface area (Å²) in [7, 11) is 0. The Labute approximate surface area is 343 Å². The molecule has 2 fully saturated rings. The Kier molecular flexibility index (Phi) is 8.32. The number of aromatic nitrogens is 2. The molecule has 0 saturated heterocycles. The molecule has 2 unspecified atom stereocenters. The number of fused-ring (bicyclic) bond motifs is 8. The number of nitrogens with zero attached hydrogens (tertiary/aromatic N) is 2. The molecule has 2 atom stereocenters. The standard InChI is InChI=1S/2C24H18N.2CH3.2ClH.H2Si.Zr/c2*1-3-9-22-19(7-1)20-8-2-4-10-23(20)25(22)24-11-5-6-17-14-18(15-21(17)24)16-12-13-16;;;;;;/h2*1-11,14-16H,12-13H2;2*1H3;2*1H;1H2;. The first kappa shape index (κ1) is 36.4. The second kappa shape index (κ2) is 12.8. The van der Waals surface area contributed by atoms with Crippen LogP contribution in [0.2, 0.25) is 9.26 Å². The van der Waals surface area contributed by atoms with Gasteiger partial charge >= 0.3 is 321 Å². The van der Waals surface area contributed by atoms with E-state index < -0.39 is 17.4 Å². The Bertz CT molecular complexity index is 2770. The minimum absolute atomic E-state index is 0. The molecule has 0 amide bonds. The van der Waals surface area contributed by atoms with Crippen molar-refractivity contribution >= 4 is 87.5 Å². The fraction of sp³-hybridized carbons (Fsp3) is 0.200. The van der Waals surface area contributed by atoms with Crippen LogP contribution in [0.1, 0.15) is 55.2 Å². The molecule has 278 valence electrons. The average molecular weight is 865 g/mol. The van der Waals surface area contributed by atoms with Crippen LogP contribution >= 0.6 is 24.8 Å². The summed E-state index contributed by atoms with van der Waals surface area (Å²) in [5.74, 6) is 1.42. The van der Waals surface area contributed by atoms with E-state index in [0.29, 0.717) is 19.1 Å². The van der Waals surface area contributed by atoms with Gasteiger partial charge in [-0.2, -0.15) is 0 Å². The van der Waals surface area contributed by atoms with Crippen molar-refractivity contribution in [3.05, 3.63) is 167 Å². The third kappa shape index (κ3) is 5.08. The molecule has 0 radical (unpaired) electrons. The van der Waals surface area contributed by atoms with Crippen LogP contribution in [-0.2, 0) is 17.4 Å². The Morgan fingerprint density at radius 2 is 0.768 bits per heavy atom. The van der Waals surface area contributed by atoms with Gasteiger partial charge < -0.3 is 0 Å². The Hall–Kier alpha value is -3.92. The summed E-state index contributed by atoms with van der Waals surface area (Å²) >= 11 is -3.85. The van der Waals surface area contributed by atoms with E-state index in [1.165, 1.54) is 91.8 Å². The van der Waals surface area contributed by atoms with Crippen molar-refractivity contribution in [2.24, 2.45) is 11.8 Å². The van der Waals surface area contributed by atoms with Gasteiger partial charge in [0.1, 0.15) is 0 Å². The van der Waals surface area contributed by atoms with E-state index in [0.717, 1.165) is 0 Å². The Morgan fingerprint density at radius 1 is 0.446 bits per heavy atom. The number of allylic oxidation sites excluding steroid dienone is 2.